The van der Waals surface area contributed by atoms with Crippen LogP contribution in [0.25, 0.3) is 0 Å². The fourth-order valence-corrected chi connectivity index (χ4v) is 1.90. The molecule has 1 aliphatic heterocycles. The Labute approximate surface area is 120 Å². The Morgan fingerprint density at radius 2 is 1.80 bits per heavy atom. The Hall–Kier alpha value is -1.47. The number of carbonyl (C=O) groups is 1. The summed E-state index contributed by atoms with van der Waals surface area (Å²) in [6.07, 6.45) is -4.81. The van der Waals surface area contributed by atoms with Crippen molar-refractivity contribution in [3.63, 3.8) is 0 Å². The molecule has 0 aromatic heterocycles. The van der Waals surface area contributed by atoms with Gasteiger partial charge in [-0.25, -0.2) is 0 Å². The largest absolute Gasteiger partial charge is 0.573 e. The van der Waals surface area contributed by atoms with Crippen molar-refractivity contribution < 1.29 is 22.7 Å². The summed E-state index contributed by atoms with van der Waals surface area (Å²) in [5, 5.41) is 3.07. The van der Waals surface area contributed by atoms with Gasteiger partial charge >= 0.3 is 6.36 Å². The van der Waals surface area contributed by atoms with Crippen LogP contribution < -0.4 is 10.1 Å². The van der Waals surface area contributed by atoms with E-state index in [9.17, 15) is 18.0 Å². The fraction of sp³-hybridized carbons (Fsp3) is 0.417. The first-order valence-corrected chi connectivity index (χ1v) is 5.82. The monoisotopic (exact) mass is 310 g/mol. The average Bonchev–Trinajstić information content (AvgIpc) is 2.38. The number of ether oxygens (including phenoxy) is 1. The van der Waals surface area contributed by atoms with E-state index in [4.69, 9.17) is 0 Å². The Bertz CT molecular complexity index is 462. The molecule has 0 unspecified atom stereocenters. The number of piperazine rings is 1. The molecule has 1 heterocycles. The standard InChI is InChI=1S/C12H13F3N2O2.ClH/c13-12(14,15)19-10-4-2-1-3-9(10)11(18)17-7-5-16-6-8-17;/h1-4,16H,5-8H2;1H. The fourth-order valence-electron chi connectivity index (χ4n) is 1.90. The van der Waals surface area contributed by atoms with Crippen LogP contribution in [0.3, 0.4) is 0 Å². The van der Waals surface area contributed by atoms with Crippen LogP contribution in [0.2, 0.25) is 0 Å². The summed E-state index contributed by atoms with van der Waals surface area (Å²) in [5.41, 5.74) is -0.0678. The second-order valence-electron chi connectivity index (χ2n) is 4.09. The molecule has 1 amide bonds. The van der Waals surface area contributed by atoms with E-state index < -0.39 is 18.0 Å². The third-order valence-electron chi connectivity index (χ3n) is 2.75. The van der Waals surface area contributed by atoms with Crippen LogP contribution in [0.1, 0.15) is 10.4 Å². The zero-order valence-corrected chi connectivity index (χ0v) is 11.3. The molecule has 0 aliphatic carbocycles. The van der Waals surface area contributed by atoms with Crippen molar-refractivity contribution in [2.24, 2.45) is 0 Å². The normalized spacial score (nSPS) is 15.4. The topological polar surface area (TPSA) is 41.6 Å². The molecule has 1 aromatic carbocycles. The molecule has 1 aromatic rings. The van der Waals surface area contributed by atoms with Crippen LogP contribution in [-0.4, -0.2) is 43.3 Å². The van der Waals surface area contributed by atoms with Gasteiger partial charge in [0.15, 0.2) is 0 Å². The summed E-state index contributed by atoms with van der Waals surface area (Å²) in [7, 11) is 0. The predicted molar refractivity (Wildman–Crippen MR) is 69.1 cm³/mol. The molecule has 1 N–H and O–H groups in total. The maximum absolute atomic E-state index is 12.3. The molecule has 20 heavy (non-hydrogen) atoms. The van der Waals surface area contributed by atoms with Crippen LogP contribution in [0.4, 0.5) is 13.2 Å². The Morgan fingerprint density at radius 1 is 1.20 bits per heavy atom. The minimum Gasteiger partial charge on any atom is -0.405 e. The lowest BCUT2D eigenvalue weighted by Gasteiger charge is -2.28. The molecule has 2 rings (SSSR count). The van der Waals surface area contributed by atoms with E-state index in [2.05, 4.69) is 10.1 Å². The van der Waals surface area contributed by atoms with Crippen LogP contribution in [-0.2, 0) is 0 Å². The number of nitrogens with zero attached hydrogens (tertiary/aromatic N) is 1. The van der Waals surface area contributed by atoms with Crippen molar-refractivity contribution in [1.29, 1.82) is 0 Å². The van der Waals surface area contributed by atoms with Gasteiger partial charge in [-0.05, 0) is 12.1 Å². The molecule has 112 valence electrons. The lowest BCUT2D eigenvalue weighted by atomic mass is 10.1. The van der Waals surface area contributed by atoms with Crippen molar-refractivity contribution in [2.45, 2.75) is 6.36 Å². The Balaban J connectivity index is 0.00000200. The molecule has 0 radical (unpaired) electrons. The highest BCUT2D eigenvalue weighted by Crippen LogP contribution is 2.27. The van der Waals surface area contributed by atoms with Crippen LogP contribution in [0.15, 0.2) is 24.3 Å². The number of benzene rings is 1. The zero-order chi connectivity index (χ0) is 13.9. The van der Waals surface area contributed by atoms with Gasteiger partial charge < -0.3 is 15.0 Å². The van der Waals surface area contributed by atoms with Gasteiger partial charge in [0.05, 0.1) is 5.56 Å². The number of hydrogen-bond acceptors (Lipinski definition) is 3. The van der Waals surface area contributed by atoms with E-state index in [0.717, 1.165) is 6.07 Å². The second kappa shape index (κ2) is 6.81. The van der Waals surface area contributed by atoms with Crippen LogP contribution in [0, 0.1) is 0 Å². The highest BCUT2D eigenvalue weighted by molar-refractivity contribution is 5.97. The Morgan fingerprint density at radius 3 is 2.40 bits per heavy atom. The third-order valence-corrected chi connectivity index (χ3v) is 2.75. The molecular formula is C12H14ClF3N2O2. The van der Waals surface area contributed by atoms with E-state index in [1.54, 1.807) is 0 Å². The average molecular weight is 311 g/mol. The molecule has 4 nitrogen and oxygen atoms in total. The van der Waals surface area contributed by atoms with Crippen LogP contribution in [0.5, 0.6) is 5.75 Å². The van der Waals surface area contributed by atoms with E-state index in [0.29, 0.717) is 26.2 Å². The van der Waals surface area contributed by atoms with Gasteiger partial charge in [0, 0.05) is 26.2 Å². The minimum atomic E-state index is -4.81. The van der Waals surface area contributed by atoms with Crippen molar-refractivity contribution >= 4 is 18.3 Å². The first kappa shape index (κ1) is 16.6. The maximum atomic E-state index is 12.3. The number of nitrogens with one attached hydrogen (secondary N) is 1. The van der Waals surface area contributed by atoms with Gasteiger partial charge in [0.1, 0.15) is 5.75 Å². The van der Waals surface area contributed by atoms with Gasteiger partial charge in [0.2, 0.25) is 0 Å². The van der Waals surface area contributed by atoms with Gasteiger partial charge in [-0.15, -0.1) is 25.6 Å². The summed E-state index contributed by atoms with van der Waals surface area (Å²) in [6.45, 7) is 2.21. The van der Waals surface area contributed by atoms with Gasteiger partial charge in [-0.3, -0.25) is 4.79 Å². The summed E-state index contributed by atoms with van der Waals surface area (Å²) in [4.78, 5) is 13.7. The highest BCUT2D eigenvalue weighted by atomic mass is 35.5. The van der Waals surface area contributed by atoms with Crippen molar-refractivity contribution in [3.8, 4) is 5.75 Å². The molecule has 0 bridgehead atoms. The lowest BCUT2D eigenvalue weighted by Crippen LogP contribution is -2.46. The number of hydrogen-bond donors (Lipinski definition) is 1. The number of alkyl halides is 3. The van der Waals surface area contributed by atoms with E-state index in [-0.39, 0.29) is 18.0 Å². The van der Waals surface area contributed by atoms with Crippen molar-refractivity contribution in [3.05, 3.63) is 29.8 Å². The SMILES string of the molecule is Cl.O=C(c1ccccc1OC(F)(F)F)N1CCNCC1. The lowest BCUT2D eigenvalue weighted by molar-refractivity contribution is -0.274. The van der Waals surface area contributed by atoms with Crippen molar-refractivity contribution in [2.75, 3.05) is 26.2 Å². The van der Waals surface area contributed by atoms with E-state index in [1.807, 2.05) is 0 Å². The molecule has 0 atom stereocenters. The van der Waals surface area contributed by atoms with Gasteiger partial charge in [-0.2, -0.15) is 0 Å². The number of carbonyl (C=O) groups excluding carboxylic acids is 1. The van der Waals surface area contributed by atoms with E-state index in [1.165, 1.54) is 23.1 Å². The summed E-state index contributed by atoms with van der Waals surface area (Å²) in [5.74, 6) is -0.903. The third kappa shape index (κ3) is 4.28. The zero-order valence-electron chi connectivity index (χ0n) is 10.4. The van der Waals surface area contributed by atoms with Gasteiger partial charge in [-0.1, -0.05) is 12.1 Å². The first-order valence-electron chi connectivity index (χ1n) is 5.82. The van der Waals surface area contributed by atoms with Gasteiger partial charge in [0.25, 0.3) is 5.91 Å². The quantitative estimate of drug-likeness (QED) is 0.909. The molecule has 0 saturated carbocycles. The minimum absolute atomic E-state index is 0. The maximum Gasteiger partial charge on any atom is 0.573 e. The second-order valence-corrected chi connectivity index (χ2v) is 4.09. The molecule has 1 fully saturated rings. The molecule has 1 aliphatic rings. The molecular weight excluding hydrogens is 297 g/mol. The summed E-state index contributed by atoms with van der Waals surface area (Å²) < 4.78 is 40.7. The number of amides is 1. The summed E-state index contributed by atoms with van der Waals surface area (Å²) in [6, 6.07) is 5.39. The number of para-hydroxylation sites is 1. The number of rotatable bonds is 2. The highest BCUT2D eigenvalue weighted by Gasteiger charge is 2.33. The number of halogens is 4. The molecule has 0 spiro atoms. The van der Waals surface area contributed by atoms with Crippen LogP contribution >= 0.6 is 12.4 Å². The smallest absolute Gasteiger partial charge is 0.405 e. The van der Waals surface area contributed by atoms with E-state index >= 15 is 0 Å². The Kier molecular flexibility index (Phi) is 5.64. The summed E-state index contributed by atoms with van der Waals surface area (Å²) >= 11 is 0. The van der Waals surface area contributed by atoms with Crippen molar-refractivity contribution in [1.82, 2.24) is 10.2 Å². The molecule has 8 heteroatoms. The predicted octanol–water partition coefficient (Wildman–Crippen LogP) is 2.05. The molecule has 1 saturated heterocycles. The first-order chi connectivity index (χ1) is 8.97.